The number of aromatic nitrogens is 2. The van der Waals surface area contributed by atoms with E-state index in [2.05, 4.69) is 11.1 Å². The number of hydrogen-bond acceptors (Lipinski definition) is 3. The highest BCUT2D eigenvalue weighted by molar-refractivity contribution is 5.95. The van der Waals surface area contributed by atoms with Crippen molar-refractivity contribution in [2.24, 2.45) is 0 Å². The summed E-state index contributed by atoms with van der Waals surface area (Å²) in [5, 5.41) is 19.1. The van der Waals surface area contributed by atoms with Gasteiger partial charge in [0.05, 0.1) is 35.2 Å². The first-order chi connectivity index (χ1) is 11.2. The number of fused-ring (bicyclic) bond motifs is 1. The molecular formula is C19H21N3O2. The van der Waals surface area contributed by atoms with Gasteiger partial charge in [-0.1, -0.05) is 26.5 Å². The van der Waals surface area contributed by atoms with Crippen LogP contribution in [0.3, 0.4) is 0 Å². The molecule has 124 valence electrons. The van der Waals surface area contributed by atoms with Crippen LogP contribution in [0.1, 0.15) is 32.4 Å². The normalized spacial score (nSPS) is 11.7. The van der Waals surface area contributed by atoms with Gasteiger partial charge in [-0.15, -0.1) is 0 Å². The molecule has 0 fully saturated rings. The van der Waals surface area contributed by atoms with E-state index in [1.807, 2.05) is 35.9 Å². The van der Waals surface area contributed by atoms with Gasteiger partial charge in [-0.3, -0.25) is 4.79 Å². The standard InChI is InChI=1S/C18H17N3O2.CH4/c1-2-14(11-22)21-10-15(13-5-3-12(9-19)4-6-13)17-16(21)7-8-20-18(17)23;/h3-8,10,14,22H,2,11H2,1H3,(H,20,23);1H4. The fourth-order valence-corrected chi connectivity index (χ4v) is 2.88. The molecule has 0 radical (unpaired) electrons. The van der Waals surface area contributed by atoms with Gasteiger partial charge in [-0.25, -0.2) is 0 Å². The van der Waals surface area contributed by atoms with Crippen molar-refractivity contribution in [1.82, 2.24) is 9.55 Å². The predicted molar refractivity (Wildman–Crippen MR) is 95.9 cm³/mol. The molecule has 0 aliphatic carbocycles. The molecule has 1 aromatic carbocycles. The van der Waals surface area contributed by atoms with E-state index in [4.69, 9.17) is 5.26 Å². The number of pyridine rings is 1. The van der Waals surface area contributed by atoms with E-state index < -0.39 is 0 Å². The van der Waals surface area contributed by atoms with E-state index in [0.29, 0.717) is 10.9 Å². The smallest absolute Gasteiger partial charge is 0.258 e. The summed E-state index contributed by atoms with van der Waals surface area (Å²) in [6.45, 7) is 2.02. The summed E-state index contributed by atoms with van der Waals surface area (Å²) in [4.78, 5) is 15.0. The average molecular weight is 323 g/mol. The zero-order chi connectivity index (χ0) is 16.4. The van der Waals surface area contributed by atoms with Gasteiger partial charge in [0, 0.05) is 18.0 Å². The number of benzene rings is 1. The van der Waals surface area contributed by atoms with Gasteiger partial charge in [-0.2, -0.15) is 5.26 Å². The lowest BCUT2D eigenvalue weighted by Crippen LogP contribution is -2.12. The fourth-order valence-electron chi connectivity index (χ4n) is 2.88. The van der Waals surface area contributed by atoms with Gasteiger partial charge in [0.1, 0.15) is 0 Å². The summed E-state index contributed by atoms with van der Waals surface area (Å²) >= 11 is 0. The molecule has 24 heavy (non-hydrogen) atoms. The first-order valence-corrected chi connectivity index (χ1v) is 7.53. The van der Waals surface area contributed by atoms with Gasteiger partial charge < -0.3 is 14.7 Å². The zero-order valence-corrected chi connectivity index (χ0v) is 12.8. The molecule has 0 amide bonds. The van der Waals surface area contributed by atoms with Crippen LogP contribution < -0.4 is 5.56 Å². The van der Waals surface area contributed by atoms with Gasteiger partial charge in [-0.05, 0) is 30.2 Å². The fraction of sp³-hybridized carbons (Fsp3) is 0.263. The summed E-state index contributed by atoms with van der Waals surface area (Å²) in [6.07, 6.45) is 4.29. The predicted octanol–water partition coefficient (Wildman–Crippen LogP) is 3.45. The summed E-state index contributed by atoms with van der Waals surface area (Å²) in [5.74, 6) is 0. The number of H-pyrrole nitrogens is 1. The molecule has 0 saturated heterocycles. The van der Waals surface area contributed by atoms with Gasteiger partial charge in [0.2, 0.25) is 0 Å². The van der Waals surface area contributed by atoms with E-state index in [1.54, 1.807) is 18.3 Å². The molecule has 0 saturated carbocycles. The topological polar surface area (TPSA) is 81.8 Å². The molecule has 3 aromatic rings. The van der Waals surface area contributed by atoms with Crippen molar-refractivity contribution in [3.63, 3.8) is 0 Å². The summed E-state index contributed by atoms with van der Waals surface area (Å²) in [7, 11) is 0. The number of aliphatic hydroxyl groups is 1. The molecule has 2 heterocycles. The second-order valence-electron chi connectivity index (χ2n) is 5.45. The Hall–Kier alpha value is -2.84. The summed E-state index contributed by atoms with van der Waals surface area (Å²) in [6, 6.07) is 11.0. The Morgan fingerprint density at radius 3 is 2.58 bits per heavy atom. The number of rotatable bonds is 4. The van der Waals surface area contributed by atoms with Crippen LogP contribution in [-0.4, -0.2) is 21.3 Å². The second-order valence-corrected chi connectivity index (χ2v) is 5.45. The number of hydrogen-bond donors (Lipinski definition) is 2. The molecular weight excluding hydrogens is 302 g/mol. The lowest BCUT2D eigenvalue weighted by molar-refractivity contribution is 0.227. The maximum atomic E-state index is 12.3. The van der Waals surface area contributed by atoms with Crippen LogP contribution in [0.4, 0.5) is 0 Å². The molecule has 2 aromatic heterocycles. The van der Waals surface area contributed by atoms with Crippen molar-refractivity contribution in [2.75, 3.05) is 6.61 Å². The van der Waals surface area contributed by atoms with Crippen LogP contribution in [0.5, 0.6) is 0 Å². The molecule has 1 unspecified atom stereocenters. The summed E-state index contributed by atoms with van der Waals surface area (Å²) in [5.41, 5.74) is 2.89. The molecule has 0 aliphatic heterocycles. The minimum absolute atomic E-state index is 0. The van der Waals surface area contributed by atoms with Crippen molar-refractivity contribution in [3.05, 3.63) is 58.6 Å². The Morgan fingerprint density at radius 2 is 2.00 bits per heavy atom. The second kappa shape index (κ2) is 7.16. The first kappa shape index (κ1) is 17.5. The molecule has 0 spiro atoms. The number of nitrogens with one attached hydrogen (secondary N) is 1. The highest BCUT2D eigenvalue weighted by Crippen LogP contribution is 2.31. The number of aromatic amines is 1. The minimum Gasteiger partial charge on any atom is -0.394 e. The van der Waals surface area contributed by atoms with Crippen LogP contribution in [0.15, 0.2) is 47.5 Å². The molecule has 3 rings (SSSR count). The Kier molecular flexibility index (Phi) is 5.22. The maximum absolute atomic E-state index is 12.3. The van der Waals surface area contributed by atoms with E-state index >= 15 is 0 Å². The monoisotopic (exact) mass is 323 g/mol. The van der Waals surface area contributed by atoms with Crippen molar-refractivity contribution in [2.45, 2.75) is 26.8 Å². The highest BCUT2D eigenvalue weighted by Gasteiger charge is 2.17. The lowest BCUT2D eigenvalue weighted by atomic mass is 10.0. The van der Waals surface area contributed by atoms with Gasteiger partial charge in [0.15, 0.2) is 0 Å². The third-order valence-corrected chi connectivity index (χ3v) is 4.15. The summed E-state index contributed by atoms with van der Waals surface area (Å²) < 4.78 is 1.96. The first-order valence-electron chi connectivity index (χ1n) is 7.53. The molecule has 0 aliphatic rings. The van der Waals surface area contributed by atoms with E-state index in [1.165, 1.54) is 0 Å². The van der Waals surface area contributed by atoms with Crippen LogP contribution in [-0.2, 0) is 0 Å². The highest BCUT2D eigenvalue weighted by atomic mass is 16.3. The van der Waals surface area contributed by atoms with Crippen LogP contribution in [0, 0.1) is 11.3 Å². The molecule has 5 heteroatoms. The average Bonchev–Trinajstić information content (AvgIpc) is 2.97. The Morgan fingerprint density at radius 1 is 1.29 bits per heavy atom. The molecule has 1 atom stereocenters. The number of aliphatic hydroxyl groups excluding tert-OH is 1. The Labute approximate surface area is 140 Å². The molecule has 0 bridgehead atoms. The largest absolute Gasteiger partial charge is 0.394 e. The van der Waals surface area contributed by atoms with Crippen LogP contribution >= 0.6 is 0 Å². The van der Waals surface area contributed by atoms with Crippen molar-refractivity contribution < 1.29 is 5.11 Å². The van der Waals surface area contributed by atoms with Crippen LogP contribution in [0.2, 0.25) is 0 Å². The Bertz CT molecular complexity index is 926. The third kappa shape index (κ3) is 2.84. The van der Waals surface area contributed by atoms with Gasteiger partial charge >= 0.3 is 0 Å². The van der Waals surface area contributed by atoms with E-state index in [-0.39, 0.29) is 25.6 Å². The van der Waals surface area contributed by atoms with Crippen LogP contribution in [0.25, 0.3) is 22.0 Å². The quantitative estimate of drug-likeness (QED) is 0.771. The van der Waals surface area contributed by atoms with Gasteiger partial charge in [0.25, 0.3) is 5.56 Å². The minimum atomic E-state index is -0.159. The maximum Gasteiger partial charge on any atom is 0.258 e. The SMILES string of the molecule is C.CCC(CO)n1cc(-c2ccc(C#N)cc2)c2c(=O)[nH]ccc21. The number of nitrogens with zero attached hydrogens (tertiary/aromatic N) is 2. The van der Waals surface area contributed by atoms with E-state index in [9.17, 15) is 9.90 Å². The van der Waals surface area contributed by atoms with E-state index in [0.717, 1.165) is 23.1 Å². The van der Waals surface area contributed by atoms with Crippen molar-refractivity contribution in [3.8, 4) is 17.2 Å². The van der Waals surface area contributed by atoms with Crippen molar-refractivity contribution in [1.29, 1.82) is 5.26 Å². The third-order valence-electron chi connectivity index (χ3n) is 4.15. The van der Waals surface area contributed by atoms with Crippen molar-refractivity contribution >= 4 is 10.9 Å². The molecule has 5 nitrogen and oxygen atoms in total. The Balaban J connectivity index is 0.00000208. The lowest BCUT2D eigenvalue weighted by Gasteiger charge is -2.15. The number of nitriles is 1. The zero-order valence-electron chi connectivity index (χ0n) is 12.8. The molecule has 2 N–H and O–H groups in total.